The molecule has 0 aromatic carbocycles. The monoisotopic (exact) mass is 255 g/mol. The summed E-state index contributed by atoms with van der Waals surface area (Å²) in [4.78, 5) is 0. The van der Waals surface area contributed by atoms with Crippen molar-refractivity contribution in [1.82, 2.24) is 15.1 Å². The lowest BCUT2D eigenvalue weighted by atomic mass is 10.0. The zero-order valence-electron chi connectivity index (χ0n) is 10.1. The lowest BCUT2D eigenvalue weighted by Gasteiger charge is -2.22. The van der Waals surface area contributed by atoms with E-state index in [0.29, 0.717) is 13.1 Å². The highest BCUT2D eigenvalue weighted by Crippen LogP contribution is 2.21. The predicted molar refractivity (Wildman–Crippen MR) is 71.2 cm³/mol. The van der Waals surface area contributed by atoms with Crippen LogP contribution in [0.3, 0.4) is 0 Å². The Kier molecular flexibility index (Phi) is 5.35. The van der Waals surface area contributed by atoms with E-state index in [-0.39, 0.29) is 6.10 Å². The van der Waals surface area contributed by atoms with Gasteiger partial charge in [-0.1, -0.05) is 0 Å². The first-order valence-electron chi connectivity index (χ1n) is 6.28. The van der Waals surface area contributed by atoms with Crippen molar-refractivity contribution in [2.75, 3.05) is 24.6 Å². The van der Waals surface area contributed by atoms with Crippen molar-refractivity contribution in [3.8, 4) is 0 Å². The molecule has 2 N–H and O–H groups in total. The van der Waals surface area contributed by atoms with Gasteiger partial charge >= 0.3 is 0 Å². The van der Waals surface area contributed by atoms with E-state index < -0.39 is 0 Å². The van der Waals surface area contributed by atoms with Crippen LogP contribution in [0.1, 0.15) is 12.8 Å². The Hall–Kier alpha value is -0.520. The molecule has 2 heterocycles. The zero-order chi connectivity index (χ0) is 11.9. The smallest absolute Gasteiger partial charge is 0.0860 e. The van der Waals surface area contributed by atoms with Crippen LogP contribution in [0.25, 0.3) is 0 Å². The van der Waals surface area contributed by atoms with E-state index in [4.69, 9.17) is 0 Å². The average molecular weight is 255 g/mol. The van der Waals surface area contributed by atoms with Gasteiger partial charge in [0.15, 0.2) is 0 Å². The second kappa shape index (κ2) is 7.03. The minimum Gasteiger partial charge on any atom is -0.390 e. The predicted octanol–water partition coefficient (Wildman–Crippen LogP) is 0.977. The van der Waals surface area contributed by atoms with Crippen LogP contribution in [0.15, 0.2) is 18.5 Å². The van der Waals surface area contributed by atoms with Gasteiger partial charge in [0, 0.05) is 18.9 Å². The number of rotatable bonds is 6. The van der Waals surface area contributed by atoms with Crippen LogP contribution in [0.2, 0.25) is 0 Å². The van der Waals surface area contributed by atoms with E-state index in [0.717, 1.165) is 12.5 Å². The third kappa shape index (κ3) is 4.69. The fourth-order valence-electron chi connectivity index (χ4n) is 2.09. The summed E-state index contributed by atoms with van der Waals surface area (Å²) in [5.41, 5.74) is 0. The molecule has 1 aliphatic heterocycles. The van der Waals surface area contributed by atoms with Gasteiger partial charge in [-0.25, -0.2) is 0 Å². The molecule has 2 rings (SSSR count). The Morgan fingerprint density at radius 2 is 2.29 bits per heavy atom. The van der Waals surface area contributed by atoms with Gasteiger partial charge in [0.25, 0.3) is 0 Å². The van der Waals surface area contributed by atoms with Crippen molar-refractivity contribution in [3.05, 3.63) is 18.5 Å². The van der Waals surface area contributed by atoms with Gasteiger partial charge in [-0.2, -0.15) is 16.9 Å². The lowest BCUT2D eigenvalue weighted by Crippen LogP contribution is -2.34. The second-order valence-corrected chi connectivity index (χ2v) is 5.82. The Bertz CT molecular complexity index is 299. The van der Waals surface area contributed by atoms with Gasteiger partial charge < -0.3 is 10.4 Å². The van der Waals surface area contributed by atoms with Gasteiger partial charge in [-0.15, -0.1) is 0 Å². The third-order valence-electron chi connectivity index (χ3n) is 3.11. The highest BCUT2D eigenvalue weighted by molar-refractivity contribution is 7.99. The summed E-state index contributed by atoms with van der Waals surface area (Å²) >= 11 is 2.05. The van der Waals surface area contributed by atoms with Gasteiger partial charge in [-0.05, 0) is 42.9 Å². The van der Waals surface area contributed by atoms with Crippen LogP contribution in [0.5, 0.6) is 0 Å². The summed E-state index contributed by atoms with van der Waals surface area (Å²) < 4.78 is 1.77. The van der Waals surface area contributed by atoms with E-state index in [1.165, 1.54) is 24.3 Å². The highest BCUT2D eigenvalue weighted by Gasteiger charge is 2.13. The maximum atomic E-state index is 9.82. The zero-order valence-corrected chi connectivity index (χ0v) is 10.9. The molecule has 17 heavy (non-hydrogen) atoms. The van der Waals surface area contributed by atoms with E-state index in [2.05, 4.69) is 22.2 Å². The number of aliphatic hydroxyl groups is 1. The normalized spacial score (nSPS) is 19.4. The minimum absolute atomic E-state index is 0.354. The summed E-state index contributed by atoms with van der Waals surface area (Å²) in [6.45, 7) is 2.26. The van der Waals surface area contributed by atoms with Crippen molar-refractivity contribution in [2.45, 2.75) is 25.5 Å². The molecule has 1 atom stereocenters. The molecule has 1 aromatic heterocycles. The van der Waals surface area contributed by atoms with Crippen molar-refractivity contribution < 1.29 is 5.11 Å². The van der Waals surface area contributed by atoms with Crippen LogP contribution >= 0.6 is 11.8 Å². The molecule has 5 heteroatoms. The first-order valence-corrected chi connectivity index (χ1v) is 7.44. The summed E-state index contributed by atoms with van der Waals surface area (Å²) in [6.07, 6.45) is 5.88. The van der Waals surface area contributed by atoms with Crippen LogP contribution in [-0.2, 0) is 6.54 Å². The maximum Gasteiger partial charge on any atom is 0.0860 e. The largest absolute Gasteiger partial charge is 0.390 e. The van der Waals surface area contributed by atoms with Gasteiger partial charge in [-0.3, -0.25) is 4.68 Å². The highest BCUT2D eigenvalue weighted by atomic mass is 32.2. The SMILES string of the molecule is OC(CNCC1CCSCC1)Cn1cccn1. The standard InChI is InChI=1S/C12H21N3OS/c16-12(10-15-5-1-4-14-15)9-13-8-11-2-6-17-7-3-11/h1,4-5,11-13,16H,2-3,6-10H2. The molecule has 4 nitrogen and oxygen atoms in total. The van der Waals surface area contributed by atoms with Crippen LogP contribution in [-0.4, -0.2) is 45.6 Å². The molecule has 1 aliphatic rings. The lowest BCUT2D eigenvalue weighted by molar-refractivity contribution is 0.145. The molecule has 0 aliphatic carbocycles. The number of aromatic nitrogens is 2. The van der Waals surface area contributed by atoms with Crippen molar-refractivity contribution in [1.29, 1.82) is 0 Å². The molecule has 96 valence electrons. The number of hydrogen-bond donors (Lipinski definition) is 2. The van der Waals surface area contributed by atoms with Gasteiger partial charge in [0.05, 0.1) is 12.6 Å². The summed E-state index contributed by atoms with van der Waals surface area (Å²) in [7, 11) is 0. The number of thioether (sulfide) groups is 1. The fraction of sp³-hybridized carbons (Fsp3) is 0.750. The maximum absolute atomic E-state index is 9.82. The van der Waals surface area contributed by atoms with Crippen LogP contribution in [0, 0.1) is 5.92 Å². The molecule has 1 saturated heterocycles. The Morgan fingerprint density at radius 1 is 1.47 bits per heavy atom. The van der Waals surface area contributed by atoms with Gasteiger partial charge in [0.1, 0.15) is 0 Å². The second-order valence-electron chi connectivity index (χ2n) is 4.60. The number of hydrogen-bond acceptors (Lipinski definition) is 4. The van der Waals surface area contributed by atoms with Gasteiger partial charge in [0.2, 0.25) is 0 Å². The van der Waals surface area contributed by atoms with E-state index in [9.17, 15) is 5.11 Å². The Balaban J connectivity index is 1.58. The van der Waals surface area contributed by atoms with E-state index >= 15 is 0 Å². The average Bonchev–Trinajstić information content (AvgIpc) is 2.83. The summed E-state index contributed by atoms with van der Waals surface area (Å²) in [5.74, 6) is 3.39. The summed E-state index contributed by atoms with van der Waals surface area (Å²) in [5, 5.41) is 17.3. The fourth-order valence-corrected chi connectivity index (χ4v) is 3.30. The van der Waals surface area contributed by atoms with Crippen molar-refractivity contribution in [3.63, 3.8) is 0 Å². The number of aliphatic hydroxyl groups excluding tert-OH is 1. The minimum atomic E-state index is -0.354. The third-order valence-corrected chi connectivity index (χ3v) is 4.16. The molecular formula is C12H21N3OS. The van der Waals surface area contributed by atoms with E-state index in [1.807, 2.05) is 12.3 Å². The molecule has 0 spiro atoms. The molecule has 1 fully saturated rings. The molecular weight excluding hydrogens is 234 g/mol. The molecule has 0 saturated carbocycles. The first kappa shape index (κ1) is 12.9. The van der Waals surface area contributed by atoms with Crippen LogP contribution < -0.4 is 5.32 Å². The molecule has 0 amide bonds. The van der Waals surface area contributed by atoms with Crippen molar-refractivity contribution >= 4 is 11.8 Å². The topological polar surface area (TPSA) is 50.1 Å². The number of nitrogens with one attached hydrogen (secondary N) is 1. The molecule has 0 bridgehead atoms. The van der Waals surface area contributed by atoms with Crippen LogP contribution in [0.4, 0.5) is 0 Å². The van der Waals surface area contributed by atoms with Crippen molar-refractivity contribution in [2.24, 2.45) is 5.92 Å². The van der Waals surface area contributed by atoms with E-state index in [1.54, 1.807) is 10.9 Å². The summed E-state index contributed by atoms with van der Waals surface area (Å²) in [6, 6.07) is 1.87. The quantitative estimate of drug-likeness (QED) is 0.795. The Labute approximate surface area is 107 Å². The molecule has 0 radical (unpaired) electrons. The molecule has 1 unspecified atom stereocenters. The first-order chi connectivity index (χ1) is 8.34. The number of nitrogens with zero attached hydrogens (tertiary/aromatic N) is 2. The Morgan fingerprint density at radius 3 is 3.00 bits per heavy atom. The molecule has 1 aromatic rings.